The second-order valence-electron chi connectivity index (χ2n) is 3.24. The van der Waals surface area contributed by atoms with Gasteiger partial charge in [-0.1, -0.05) is 34.1 Å². The van der Waals surface area contributed by atoms with Crippen LogP contribution in [0.25, 0.3) is 11.3 Å². The molecule has 1 heterocycles. The molecule has 0 unspecified atom stereocenters. The Morgan fingerprint density at radius 3 is 2.41 bits per heavy atom. The lowest BCUT2D eigenvalue weighted by Crippen LogP contribution is -2.11. The summed E-state index contributed by atoms with van der Waals surface area (Å²) in [4.78, 5) is 6.72. The molecule has 0 bridgehead atoms. The zero-order chi connectivity index (χ0) is 12.5. The highest BCUT2D eigenvalue weighted by molar-refractivity contribution is 9.10. The Kier molecular flexibility index (Phi) is 3.15. The van der Waals surface area contributed by atoms with E-state index >= 15 is 0 Å². The van der Waals surface area contributed by atoms with E-state index in [1.54, 1.807) is 24.3 Å². The number of hydrogen-bond donors (Lipinski definition) is 0. The number of nitrogens with zero attached hydrogens (tertiary/aromatic N) is 2. The molecule has 2 nitrogen and oxygen atoms in total. The third kappa shape index (κ3) is 2.63. The van der Waals surface area contributed by atoms with Gasteiger partial charge in [-0.05, 0) is 12.1 Å². The Hall–Kier alpha value is -1.43. The van der Waals surface area contributed by atoms with Crippen LogP contribution in [0.1, 0.15) is 5.82 Å². The van der Waals surface area contributed by atoms with Gasteiger partial charge < -0.3 is 0 Å². The summed E-state index contributed by atoms with van der Waals surface area (Å²) in [7, 11) is 0. The van der Waals surface area contributed by atoms with Gasteiger partial charge in [-0.2, -0.15) is 13.2 Å². The first-order chi connectivity index (χ1) is 7.98. The molecule has 0 fully saturated rings. The van der Waals surface area contributed by atoms with E-state index in [-0.39, 0.29) is 5.69 Å². The van der Waals surface area contributed by atoms with Crippen molar-refractivity contribution in [2.24, 2.45) is 0 Å². The molecule has 17 heavy (non-hydrogen) atoms. The van der Waals surface area contributed by atoms with Crippen LogP contribution in [0.4, 0.5) is 13.2 Å². The maximum Gasteiger partial charge on any atom is 0.451 e. The van der Waals surface area contributed by atoms with Gasteiger partial charge in [-0.15, -0.1) is 0 Å². The second kappa shape index (κ2) is 4.44. The standard InChI is InChI=1S/C11H6BrF3N2/c12-8-4-2-1-3-7(8)9-5-6-16-10(17-9)11(13,14)15/h1-6H. The molecule has 0 amide bonds. The van der Waals surface area contributed by atoms with Crippen molar-refractivity contribution in [3.8, 4) is 11.3 Å². The highest BCUT2D eigenvalue weighted by atomic mass is 79.9. The lowest BCUT2D eigenvalue weighted by molar-refractivity contribution is -0.144. The van der Waals surface area contributed by atoms with Crippen LogP contribution in [0, 0.1) is 0 Å². The normalized spacial score (nSPS) is 11.5. The summed E-state index contributed by atoms with van der Waals surface area (Å²) >= 11 is 3.27. The molecule has 2 rings (SSSR count). The summed E-state index contributed by atoms with van der Waals surface area (Å²) in [5.74, 6) is -1.13. The van der Waals surface area contributed by atoms with E-state index in [0.29, 0.717) is 10.0 Å². The van der Waals surface area contributed by atoms with Gasteiger partial charge in [0.2, 0.25) is 5.82 Å². The van der Waals surface area contributed by atoms with Crippen LogP contribution in [-0.2, 0) is 6.18 Å². The molecule has 0 aliphatic heterocycles. The minimum Gasteiger partial charge on any atom is -0.233 e. The van der Waals surface area contributed by atoms with Crippen molar-refractivity contribution in [1.29, 1.82) is 0 Å². The summed E-state index contributed by atoms with van der Waals surface area (Å²) in [5, 5.41) is 0. The summed E-state index contributed by atoms with van der Waals surface area (Å²) < 4.78 is 38.0. The molecule has 0 saturated carbocycles. The van der Waals surface area contributed by atoms with E-state index < -0.39 is 12.0 Å². The van der Waals surface area contributed by atoms with Crippen LogP contribution >= 0.6 is 15.9 Å². The van der Waals surface area contributed by atoms with Crippen molar-refractivity contribution in [2.75, 3.05) is 0 Å². The Bertz CT molecular complexity index is 540. The fraction of sp³-hybridized carbons (Fsp3) is 0.0909. The largest absolute Gasteiger partial charge is 0.451 e. The first kappa shape index (κ1) is 12.0. The van der Waals surface area contributed by atoms with E-state index in [9.17, 15) is 13.2 Å². The number of aromatic nitrogens is 2. The molecule has 2 aromatic rings. The molecule has 0 N–H and O–H groups in total. The van der Waals surface area contributed by atoms with Crippen molar-refractivity contribution in [1.82, 2.24) is 9.97 Å². The SMILES string of the molecule is FC(F)(F)c1nccc(-c2ccccc2Br)n1. The Morgan fingerprint density at radius 1 is 1.06 bits per heavy atom. The van der Waals surface area contributed by atoms with Crippen LogP contribution in [0.3, 0.4) is 0 Å². The van der Waals surface area contributed by atoms with Gasteiger partial charge in [-0.25, -0.2) is 9.97 Å². The lowest BCUT2D eigenvalue weighted by atomic mass is 10.1. The molecule has 0 aliphatic carbocycles. The Balaban J connectivity index is 2.51. The average Bonchev–Trinajstić information content (AvgIpc) is 2.29. The monoisotopic (exact) mass is 302 g/mol. The van der Waals surface area contributed by atoms with Crippen LogP contribution < -0.4 is 0 Å². The summed E-state index contributed by atoms with van der Waals surface area (Å²) in [6, 6.07) is 8.38. The zero-order valence-corrected chi connectivity index (χ0v) is 9.96. The first-order valence-corrected chi connectivity index (χ1v) is 5.43. The van der Waals surface area contributed by atoms with Crippen LogP contribution in [0.5, 0.6) is 0 Å². The summed E-state index contributed by atoms with van der Waals surface area (Å²) in [5.41, 5.74) is 0.834. The number of rotatable bonds is 1. The van der Waals surface area contributed by atoms with E-state index in [2.05, 4.69) is 25.9 Å². The van der Waals surface area contributed by atoms with E-state index in [0.717, 1.165) is 6.20 Å². The molecule has 0 radical (unpaired) electrons. The van der Waals surface area contributed by atoms with Gasteiger partial charge in [0.15, 0.2) is 0 Å². The van der Waals surface area contributed by atoms with Gasteiger partial charge in [0.1, 0.15) is 0 Å². The zero-order valence-electron chi connectivity index (χ0n) is 8.37. The molecule has 0 saturated heterocycles. The molecule has 1 aromatic heterocycles. The second-order valence-corrected chi connectivity index (χ2v) is 4.10. The fourth-order valence-electron chi connectivity index (χ4n) is 1.31. The maximum absolute atomic E-state index is 12.4. The highest BCUT2D eigenvalue weighted by Gasteiger charge is 2.34. The summed E-state index contributed by atoms with van der Waals surface area (Å²) in [6.45, 7) is 0. The summed E-state index contributed by atoms with van der Waals surface area (Å²) in [6.07, 6.45) is -3.43. The minimum atomic E-state index is -4.53. The van der Waals surface area contributed by atoms with Gasteiger partial charge >= 0.3 is 6.18 Å². The van der Waals surface area contributed by atoms with Crippen LogP contribution in [0.15, 0.2) is 41.0 Å². The van der Waals surface area contributed by atoms with Crippen molar-refractivity contribution in [3.63, 3.8) is 0 Å². The smallest absolute Gasteiger partial charge is 0.233 e. The Labute approximate surface area is 104 Å². The topological polar surface area (TPSA) is 25.8 Å². The molecular formula is C11H6BrF3N2. The third-order valence-electron chi connectivity index (χ3n) is 2.06. The van der Waals surface area contributed by atoms with Crippen LogP contribution in [-0.4, -0.2) is 9.97 Å². The first-order valence-electron chi connectivity index (χ1n) is 4.63. The predicted molar refractivity (Wildman–Crippen MR) is 60.2 cm³/mol. The number of hydrogen-bond acceptors (Lipinski definition) is 2. The Morgan fingerprint density at radius 2 is 1.76 bits per heavy atom. The van der Waals surface area contributed by atoms with Crippen LogP contribution in [0.2, 0.25) is 0 Å². The third-order valence-corrected chi connectivity index (χ3v) is 2.75. The molecule has 1 aromatic carbocycles. The molecular weight excluding hydrogens is 297 g/mol. The fourth-order valence-corrected chi connectivity index (χ4v) is 1.80. The van der Waals surface area contributed by atoms with Gasteiger partial charge in [-0.3, -0.25) is 0 Å². The van der Waals surface area contributed by atoms with Gasteiger partial charge in [0.05, 0.1) is 5.69 Å². The van der Waals surface area contributed by atoms with Crippen molar-refractivity contribution in [2.45, 2.75) is 6.18 Å². The van der Waals surface area contributed by atoms with Gasteiger partial charge in [0, 0.05) is 16.2 Å². The number of benzene rings is 1. The van der Waals surface area contributed by atoms with E-state index in [1.807, 2.05) is 0 Å². The molecule has 6 heteroatoms. The molecule has 0 atom stereocenters. The lowest BCUT2D eigenvalue weighted by Gasteiger charge is -2.07. The quantitative estimate of drug-likeness (QED) is 0.798. The molecule has 0 spiro atoms. The molecule has 88 valence electrons. The van der Waals surface area contributed by atoms with E-state index in [4.69, 9.17) is 0 Å². The minimum absolute atomic E-state index is 0.236. The van der Waals surface area contributed by atoms with Gasteiger partial charge in [0.25, 0.3) is 0 Å². The number of alkyl halides is 3. The molecule has 0 aliphatic rings. The van der Waals surface area contributed by atoms with Crippen molar-refractivity contribution < 1.29 is 13.2 Å². The highest BCUT2D eigenvalue weighted by Crippen LogP contribution is 2.30. The van der Waals surface area contributed by atoms with Crippen molar-refractivity contribution >= 4 is 15.9 Å². The maximum atomic E-state index is 12.4. The number of halogens is 4. The van der Waals surface area contributed by atoms with Crippen molar-refractivity contribution in [3.05, 3.63) is 46.8 Å². The average molecular weight is 303 g/mol. The van der Waals surface area contributed by atoms with E-state index in [1.165, 1.54) is 6.07 Å². The predicted octanol–water partition coefficient (Wildman–Crippen LogP) is 3.92.